The van der Waals surface area contributed by atoms with E-state index >= 15 is 0 Å². The number of imide groups is 1. The molecular weight excluding hydrogens is 400 g/mol. The number of fused-ring (bicyclic) bond motifs is 2. The highest BCUT2D eigenvalue weighted by Gasteiger charge is 2.55. The van der Waals surface area contributed by atoms with Gasteiger partial charge in [0, 0.05) is 22.0 Å². The second-order valence-corrected chi connectivity index (χ2v) is 7.17. The lowest BCUT2D eigenvalue weighted by Gasteiger charge is -2.33. The molecule has 0 aromatic heterocycles. The third-order valence-electron chi connectivity index (χ3n) is 4.73. The third-order valence-corrected chi connectivity index (χ3v) is 5.25. The maximum absolute atomic E-state index is 13.1. The third kappa shape index (κ3) is 2.59. The lowest BCUT2D eigenvalue weighted by molar-refractivity contribution is -0.132. The number of rotatable bonds is 3. The Balaban J connectivity index is 1.63. The Bertz CT molecular complexity index is 912. The number of amides is 3. The molecule has 4 rings (SSSR count). The topological polar surface area (TPSA) is 75.7 Å². The number of nitrogens with one attached hydrogen (secondary N) is 1. The van der Waals surface area contributed by atoms with Gasteiger partial charge in [-0.15, -0.1) is 0 Å². The van der Waals surface area contributed by atoms with Crippen LogP contribution in [-0.4, -0.2) is 35.8 Å². The SMILES string of the molecule is O=C(CN1C(=O)N[C@]2(CCOc3ccccc32)C1=O)c1ccc(Br)cc1. The quantitative estimate of drug-likeness (QED) is 0.618. The zero-order valence-electron chi connectivity index (χ0n) is 13.7. The lowest BCUT2D eigenvalue weighted by Crippen LogP contribution is -2.47. The second-order valence-electron chi connectivity index (χ2n) is 6.25. The van der Waals surface area contributed by atoms with Gasteiger partial charge in [-0.2, -0.15) is 0 Å². The highest BCUT2D eigenvalue weighted by atomic mass is 79.9. The summed E-state index contributed by atoms with van der Waals surface area (Å²) in [5.41, 5.74) is -0.0864. The van der Waals surface area contributed by atoms with E-state index in [9.17, 15) is 14.4 Å². The van der Waals surface area contributed by atoms with E-state index in [1.807, 2.05) is 6.07 Å². The van der Waals surface area contributed by atoms with Crippen molar-refractivity contribution < 1.29 is 19.1 Å². The fourth-order valence-electron chi connectivity index (χ4n) is 3.39. The molecule has 2 aliphatic heterocycles. The molecule has 0 saturated carbocycles. The van der Waals surface area contributed by atoms with Crippen LogP contribution in [0, 0.1) is 0 Å². The van der Waals surface area contributed by atoms with Gasteiger partial charge in [0.15, 0.2) is 11.3 Å². The predicted octanol–water partition coefficient (Wildman–Crippen LogP) is 2.86. The van der Waals surface area contributed by atoms with Crippen LogP contribution in [-0.2, 0) is 10.3 Å². The van der Waals surface area contributed by atoms with E-state index in [4.69, 9.17) is 4.74 Å². The summed E-state index contributed by atoms with van der Waals surface area (Å²) in [6.45, 7) is 0.0224. The smallest absolute Gasteiger partial charge is 0.325 e. The first-order chi connectivity index (χ1) is 12.5. The molecule has 7 heteroatoms. The normalized spacial score (nSPS) is 21.3. The van der Waals surface area contributed by atoms with Gasteiger partial charge in [-0.3, -0.25) is 14.5 Å². The molecule has 0 bridgehead atoms. The summed E-state index contributed by atoms with van der Waals surface area (Å²) in [5, 5.41) is 2.79. The number of urea groups is 1. The number of Topliss-reactive ketones (excluding diaryl/α,β-unsaturated/α-hetero) is 1. The van der Waals surface area contributed by atoms with Crippen molar-refractivity contribution in [1.29, 1.82) is 0 Å². The molecule has 6 nitrogen and oxygen atoms in total. The van der Waals surface area contributed by atoms with E-state index < -0.39 is 17.5 Å². The van der Waals surface area contributed by atoms with Gasteiger partial charge in [0.05, 0.1) is 13.2 Å². The number of hydrogen-bond donors (Lipinski definition) is 1. The predicted molar refractivity (Wildman–Crippen MR) is 96.9 cm³/mol. The molecule has 1 spiro atoms. The van der Waals surface area contributed by atoms with Crippen LogP contribution in [0.15, 0.2) is 53.0 Å². The molecule has 0 unspecified atom stereocenters. The summed E-state index contributed by atoms with van der Waals surface area (Å²) in [6.07, 6.45) is 0.331. The summed E-state index contributed by atoms with van der Waals surface area (Å²) >= 11 is 3.31. The van der Waals surface area contributed by atoms with Gasteiger partial charge in [0.25, 0.3) is 5.91 Å². The maximum atomic E-state index is 13.1. The zero-order valence-corrected chi connectivity index (χ0v) is 15.3. The summed E-state index contributed by atoms with van der Waals surface area (Å²) in [5.74, 6) is -0.129. The van der Waals surface area contributed by atoms with Crippen molar-refractivity contribution in [3.63, 3.8) is 0 Å². The first kappa shape index (κ1) is 16.8. The van der Waals surface area contributed by atoms with Crippen LogP contribution in [0.2, 0.25) is 0 Å². The van der Waals surface area contributed by atoms with Crippen LogP contribution in [0.3, 0.4) is 0 Å². The fraction of sp³-hybridized carbons (Fsp3) is 0.211. The van der Waals surface area contributed by atoms with Crippen molar-refractivity contribution in [2.24, 2.45) is 0 Å². The Morgan fingerprint density at radius 1 is 1.15 bits per heavy atom. The molecule has 2 aliphatic rings. The Kier molecular flexibility index (Phi) is 4.03. The number of ketones is 1. The van der Waals surface area contributed by atoms with Crippen molar-refractivity contribution in [2.75, 3.05) is 13.2 Å². The highest BCUT2D eigenvalue weighted by Crippen LogP contribution is 2.40. The first-order valence-electron chi connectivity index (χ1n) is 8.16. The molecule has 1 fully saturated rings. The van der Waals surface area contributed by atoms with Gasteiger partial charge in [-0.25, -0.2) is 4.79 Å². The number of benzene rings is 2. The van der Waals surface area contributed by atoms with Crippen molar-refractivity contribution in [3.05, 3.63) is 64.1 Å². The Morgan fingerprint density at radius 3 is 2.65 bits per heavy atom. The monoisotopic (exact) mass is 414 g/mol. The van der Waals surface area contributed by atoms with E-state index in [0.29, 0.717) is 29.9 Å². The van der Waals surface area contributed by atoms with Gasteiger partial charge in [-0.05, 0) is 18.2 Å². The Morgan fingerprint density at radius 2 is 1.88 bits per heavy atom. The van der Waals surface area contributed by atoms with Crippen LogP contribution >= 0.6 is 15.9 Å². The molecule has 2 aromatic carbocycles. The van der Waals surface area contributed by atoms with Gasteiger partial charge in [0.2, 0.25) is 0 Å². The fourth-order valence-corrected chi connectivity index (χ4v) is 3.65. The minimum absolute atomic E-state index is 0.293. The molecule has 1 atom stereocenters. The summed E-state index contributed by atoms with van der Waals surface area (Å²) in [7, 11) is 0. The van der Waals surface area contributed by atoms with Crippen LogP contribution in [0.25, 0.3) is 0 Å². The summed E-state index contributed by atoms with van der Waals surface area (Å²) in [6, 6.07) is 13.4. The summed E-state index contributed by atoms with van der Waals surface area (Å²) in [4.78, 5) is 39.1. The number of carbonyl (C=O) groups excluding carboxylic acids is 3. The number of carbonyl (C=O) groups is 3. The average molecular weight is 415 g/mol. The van der Waals surface area contributed by atoms with Gasteiger partial charge >= 0.3 is 6.03 Å². The molecule has 26 heavy (non-hydrogen) atoms. The molecule has 2 aromatic rings. The number of halogens is 1. The van der Waals surface area contributed by atoms with Crippen molar-refractivity contribution >= 4 is 33.7 Å². The average Bonchev–Trinajstić information content (AvgIpc) is 2.87. The summed E-state index contributed by atoms with van der Waals surface area (Å²) < 4.78 is 6.45. The van der Waals surface area contributed by atoms with Gasteiger partial charge in [-0.1, -0.05) is 46.3 Å². The van der Waals surface area contributed by atoms with Crippen molar-refractivity contribution in [2.45, 2.75) is 12.0 Å². The van der Waals surface area contributed by atoms with E-state index in [2.05, 4.69) is 21.2 Å². The van der Waals surface area contributed by atoms with Crippen LogP contribution < -0.4 is 10.1 Å². The molecule has 2 heterocycles. The van der Waals surface area contributed by atoms with Crippen molar-refractivity contribution in [3.8, 4) is 5.75 Å². The van der Waals surface area contributed by atoms with Crippen LogP contribution in [0.5, 0.6) is 5.75 Å². The first-order valence-corrected chi connectivity index (χ1v) is 8.96. The standard InChI is InChI=1S/C19H15BrN2O4/c20-13-7-5-12(6-8-13)15(23)11-22-17(24)19(21-18(22)25)9-10-26-16-4-2-1-3-14(16)19/h1-8H,9-11H2,(H,21,25)/t19-/m0/s1. The Labute approximate surface area is 158 Å². The second kappa shape index (κ2) is 6.25. The largest absolute Gasteiger partial charge is 0.493 e. The minimum atomic E-state index is -1.16. The van der Waals surface area contributed by atoms with E-state index in [1.165, 1.54) is 0 Å². The number of nitrogens with zero attached hydrogens (tertiary/aromatic N) is 1. The molecule has 132 valence electrons. The lowest BCUT2D eigenvalue weighted by atomic mass is 9.84. The van der Waals surface area contributed by atoms with Gasteiger partial charge < -0.3 is 10.1 Å². The number of hydrogen-bond acceptors (Lipinski definition) is 4. The van der Waals surface area contributed by atoms with Crippen molar-refractivity contribution in [1.82, 2.24) is 10.2 Å². The molecule has 1 N–H and O–H groups in total. The molecule has 0 aliphatic carbocycles. The molecule has 0 radical (unpaired) electrons. The number of para-hydroxylation sites is 1. The van der Waals surface area contributed by atoms with E-state index in [-0.39, 0.29) is 12.3 Å². The molecular formula is C19H15BrN2O4. The van der Waals surface area contributed by atoms with Crippen LogP contribution in [0.1, 0.15) is 22.3 Å². The van der Waals surface area contributed by atoms with Crippen LogP contribution in [0.4, 0.5) is 4.79 Å². The van der Waals surface area contributed by atoms with Gasteiger partial charge in [0.1, 0.15) is 5.75 Å². The molecule has 3 amide bonds. The minimum Gasteiger partial charge on any atom is -0.493 e. The Hall–Kier alpha value is -2.67. The zero-order chi connectivity index (χ0) is 18.3. The number of ether oxygens (including phenoxy) is 1. The highest BCUT2D eigenvalue weighted by molar-refractivity contribution is 9.10. The molecule has 1 saturated heterocycles. The van der Waals surface area contributed by atoms with E-state index in [1.54, 1.807) is 42.5 Å². The van der Waals surface area contributed by atoms with E-state index in [0.717, 1.165) is 9.37 Å². The maximum Gasteiger partial charge on any atom is 0.325 e.